The predicted octanol–water partition coefficient (Wildman–Crippen LogP) is 2.61. The summed E-state index contributed by atoms with van der Waals surface area (Å²) < 4.78 is 27.3. The maximum absolute atomic E-state index is 12.3. The van der Waals surface area contributed by atoms with Gasteiger partial charge in [-0.1, -0.05) is 23.2 Å². The fraction of sp³-hybridized carbons (Fsp3) is 0.500. The van der Waals surface area contributed by atoms with Crippen LogP contribution in [0.2, 0.25) is 10.0 Å². The number of halogens is 2. The van der Waals surface area contributed by atoms with Crippen LogP contribution < -0.4 is 4.72 Å². The predicted molar refractivity (Wildman–Crippen MR) is 91.1 cm³/mol. The topological polar surface area (TPSA) is 66.4 Å². The van der Waals surface area contributed by atoms with Crippen LogP contribution in [0.5, 0.6) is 0 Å². The van der Waals surface area contributed by atoms with E-state index in [4.69, 9.17) is 23.2 Å². The molecule has 9 heteroatoms. The van der Waals surface area contributed by atoms with Gasteiger partial charge in [0.25, 0.3) is 0 Å². The molecule has 118 valence electrons. The number of hydrogen-bond donors (Lipinski definition) is 2. The number of hydrogen-bond acceptors (Lipinski definition) is 5. The molecule has 2 N–H and O–H groups in total. The first-order valence-corrected chi connectivity index (χ1v) is 10.7. The minimum absolute atomic E-state index is 0.0499. The van der Waals surface area contributed by atoms with Gasteiger partial charge in [-0.2, -0.15) is 23.5 Å². The van der Waals surface area contributed by atoms with Crippen molar-refractivity contribution in [1.82, 2.24) is 4.72 Å². The number of benzene rings is 1. The van der Waals surface area contributed by atoms with Crippen LogP contribution in [-0.2, 0) is 16.6 Å². The van der Waals surface area contributed by atoms with Crippen molar-refractivity contribution in [2.24, 2.45) is 0 Å². The van der Waals surface area contributed by atoms with Crippen LogP contribution in [0.25, 0.3) is 0 Å². The minimum Gasteiger partial charge on any atom is -0.392 e. The van der Waals surface area contributed by atoms with Crippen molar-refractivity contribution < 1.29 is 13.5 Å². The molecule has 4 nitrogen and oxygen atoms in total. The second-order valence-corrected chi connectivity index (χ2v) is 9.56. The summed E-state index contributed by atoms with van der Waals surface area (Å²) in [4.78, 5) is -0.0499. The summed E-state index contributed by atoms with van der Waals surface area (Å²) in [5.74, 6) is 3.08. The molecule has 1 fully saturated rings. The van der Waals surface area contributed by atoms with Crippen molar-refractivity contribution in [3.8, 4) is 0 Å². The van der Waals surface area contributed by atoms with Crippen LogP contribution >= 0.6 is 46.7 Å². The van der Waals surface area contributed by atoms with Crippen LogP contribution in [0.15, 0.2) is 17.0 Å². The zero-order valence-electron chi connectivity index (χ0n) is 11.0. The number of aliphatic hydroxyl groups is 1. The van der Waals surface area contributed by atoms with Gasteiger partial charge in [-0.25, -0.2) is 13.1 Å². The van der Waals surface area contributed by atoms with E-state index in [9.17, 15) is 13.5 Å². The Labute approximate surface area is 143 Å². The largest absolute Gasteiger partial charge is 0.392 e. The monoisotopic (exact) mass is 387 g/mol. The molecule has 1 unspecified atom stereocenters. The smallest absolute Gasteiger partial charge is 0.242 e. The van der Waals surface area contributed by atoms with E-state index in [0.29, 0.717) is 12.1 Å². The second-order valence-electron chi connectivity index (χ2n) is 4.45. The number of rotatable bonds is 5. The maximum Gasteiger partial charge on any atom is 0.242 e. The molecule has 1 aromatic carbocycles. The first-order valence-electron chi connectivity index (χ1n) is 6.22. The van der Waals surface area contributed by atoms with Crippen LogP contribution in [0.4, 0.5) is 0 Å². The lowest BCUT2D eigenvalue weighted by molar-refractivity contribution is 0.281. The fourth-order valence-corrected chi connectivity index (χ4v) is 6.49. The Morgan fingerprint density at radius 2 is 2.05 bits per heavy atom. The van der Waals surface area contributed by atoms with Gasteiger partial charge in [0.15, 0.2) is 0 Å². The molecule has 1 aliphatic rings. The van der Waals surface area contributed by atoms with Gasteiger partial charge in [0.2, 0.25) is 10.0 Å². The Balaban J connectivity index is 2.15. The molecular formula is C12H15Cl2NO3S3. The molecule has 0 aliphatic carbocycles. The Hall–Kier alpha value is 0.370. The summed E-state index contributed by atoms with van der Waals surface area (Å²) in [5.41, 5.74) is 0.337. The third-order valence-corrected chi connectivity index (χ3v) is 8.03. The molecule has 0 amide bonds. The van der Waals surface area contributed by atoms with E-state index in [0.717, 1.165) is 17.3 Å². The number of sulfonamides is 1. The van der Waals surface area contributed by atoms with Gasteiger partial charge in [-0.15, -0.1) is 0 Å². The summed E-state index contributed by atoms with van der Waals surface area (Å²) in [6, 6.07) is 2.66. The lowest BCUT2D eigenvalue weighted by Gasteiger charge is -2.21. The highest BCUT2D eigenvalue weighted by Gasteiger charge is 2.22. The second kappa shape index (κ2) is 7.77. The Kier molecular flexibility index (Phi) is 6.55. The maximum atomic E-state index is 12.3. The molecule has 1 heterocycles. The average molecular weight is 388 g/mol. The third kappa shape index (κ3) is 4.67. The number of aliphatic hydroxyl groups excluding tert-OH is 1. The zero-order chi connectivity index (χ0) is 15.5. The zero-order valence-corrected chi connectivity index (χ0v) is 15.0. The van der Waals surface area contributed by atoms with Gasteiger partial charge >= 0.3 is 0 Å². The van der Waals surface area contributed by atoms with Gasteiger partial charge in [-0.3, -0.25) is 0 Å². The first kappa shape index (κ1) is 17.7. The van der Waals surface area contributed by atoms with Crippen molar-refractivity contribution in [2.45, 2.75) is 16.8 Å². The van der Waals surface area contributed by atoms with Gasteiger partial charge in [0.05, 0.1) is 11.6 Å². The van der Waals surface area contributed by atoms with Crippen molar-refractivity contribution in [1.29, 1.82) is 0 Å². The summed E-state index contributed by atoms with van der Waals surface area (Å²) >= 11 is 15.5. The van der Waals surface area contributed by atoms with Crippen molar-refractivity contribution >= 4 is 56.7 Å². The summed E-state index contributed by atoms with van der Waals surface area (Å²) in [5, 5.41) is 9.75. The van der Waals surface area contributed by atoms with Crippen molar-refractivity contribution in [3.63, 3.8) is 0 Å². The van der Waals surface area contributed by atoms with E-state index >= 15 is 0 Å². The molecule has 0 spiro atoms. The molecule has 2 rings (SSSR count). The van der Waals surface area contributed by atoms with E-state index in [1.165, 1.54) is 12.1 Å². The quantitative estimate of drug-likeness (QED) is 0.812. The standard InChI is InChI=1S/C12H15Cl2NO3S3/c13-10-4-11(14)12(3-8(10)6-16)21(17,18)15-5-9-7-19-1-2-20-9/h3-4,9,15-16H,1-2,5-7H2. The third-order valence-electron chi connectivity index (χ3n) is 2.95. The number of thioether (sulfide) groups is 2. The van der Waals surface area contributed by atoms with Crippen LogP contribution in [-0.4, -0.2) is 42.6 Å². The molecule has 21 heavy (non-hydrogen) atoms. The summed E-state index contributed by atoms with van der Waals surface area (Å²) in [7, 11) is -3.71. The normalized spacial score (nSPS) is 19.7. The fourth-order valence-electron chi connectivity index (χ4n) is 1.83. The Morgan fingerprint density at radius 3 is 2.67 bits per heavy atom. The highest BCUT2D eigenvalue weighted by atomic mass is 35.5. The van der Waals surface area contributed by atoms with Crippen LogP contribution in [0, 0.1) is 0 Å². The molecule has 0 aromatic heterocycles. The lowest BCUT2D eigenvalue weighted by Crippen LogP contribution is -2.33. The van der Waals surface area contributed by atoms with E-state index in [1.54, 1.807) is 11.8 Å². The lowest BCUT2D eigenvalue weighted by atomic mass is 10.2. The Bertz CT molecular complexity index is 604. The van der Waals surface area contributed by atoms with Gasteiger partial charge in [0, 0.05) is 34.1 Å². The SMILES string of the molecule is O=S(=O)(NCC1CSCCS1)c1cc(CO)c(Cl)cc1Cl. The van der Waals surface area contributed by atoms with Gasteiger partial charge < -0.3 is 5.11 Å². The van der Waals surface area contributed by atoms with Gasteiger partial charge in [0.1, 0.15) is 4.90 Å². The van der Waals surface area contributed by atoms with E-state index in [-0.39, 0.29) is 26.8 Å². The van der Waals surface area contributed by atoms with E-state index in [2.05, 4.69) is 4.72 Å². The molecule has 0 saturated carbocycles. The summed E-state index contributed by atoms with van der Waals surface area (Å²) in [6.45, 7) is 0.0288. The molecule has 0 bridgehead atoms. The van der Waals surface area contributed by atoms with Crippen LogP contribution in [0.1, 0.15) is 5.56 Å². The molecule has 1 atom stereocenters. The highest BCUT2D eigenvalue weighted by molar-refractivity contribution is 8.06. The average Bonchev–Trinajstić information content (AvgIpc) is 2.46. The minimum atomic E-state index is -3.71. The molecule has 1 aliphatic heterocycles. The molecule has 0 radical (unpaired) electrons. The van der Waals surface area contributed by atoms with Crippen molar-refractivity contribution in [3.05, 3.63) is 27.7 Å². The first-order chi connectivity index (χ1) is 9.94. The van der Waals surface area contributed by atoms with Crippen LogP contribution in [0.3, 0.4) is 0 Å². The molecule has 1 aromatic rings. The molecular weight excluding hydrogens is 373 g/mol. The highest BCUT2D eigenvalue weighted by Crippen LogP contribution is 2.29. The van der Waals surface area contributed by atoms with Gasteiger partial charge in [-0.05, 0) is 17.7 Å². The Morgan fingerprint density at radius 1 is 1.29 bits per heavy atom. The number of nitrogens with one attached hydrogen (secondary N) is 1. The summed E-state index contributed by atoms with van der Waals surface area (Å²) in [6.07, 6.45) is 0. The van der Waals surface area contributed by atoms with E-state index < -0.39 is 10.0 Å². The molecule has 1 saturated heterocycles. The van der Waals surface area contributed by atoms with Crippen molar-refractivity contribution in [2.75, 3.05) is 23.8 Å². The van der Waals surface area contributed by atoms with E-state index in [1.807, 2.05) is 11.8 Å².